The van der Waals surface area contributed by atoms with E-state index < -0.39 is 43.0 Å². The minimum atomic E-state index is -1.32. The summed E-state index contributed by atoms with van der Waals surface area (Å²) in [5.41, 5.74) is 0.846. The largest absolute Gasteiger partial charge is 0.394 e. The van der Waals surface area contributed by atoms with Gasteiger partial charge in [0.05, 0.1) is 12.8 Å². The second-order valence-electron chi connectivity index (χ2n) is 7.54. The number of hydrogen-bond acceptors (Lipinski definition) is 7. The lowest BCUT2D eigenvalue weighted by Gasteiger charge is -2.45. The van der Waals surface area contributed by atoms with Gasteiger partial charge in [-0.05, 0) is 25.0 Å². The summed E-state index contributed by atoms with van der Waals surface area (Å²) in [5, 5.41) is 39.2. The van der Waals surface area contributed by atoms with Crippen molar-refractivity contribution in [3.05, 3.63) is 36.3 Å². The van der Waals surface area contributed by atoms with Crippen molar-refractivity contribution in [3.8, 4) is 11.3 Å². The van der Waals surface area contributed by atoms with Crippen LogP contribution in [0.5, 0.6) is 0 Å². The van der Waals surface area contributed by atoms with Crippen LogP contribution in [0.1, 0.15) is 18.9 Å². The molecule has 4 rings (SSSR count). The van der Waals surface area contributed by atoms with E-state index in [9.17, 15) is 24.5 Å². The molecule has 2 aliphatic rings. The Morgan fingerprint density at radius 1 is 1.34 bits per heavy atom. The third-order valence-corrected chi connectivity index (χ3v) is 5.46. The van der Waals surface area contributed by atoms with Crippen LogP contribution in [0.25, 0.3) is 11.3 Å². The van der Waals surface area contributed by atoms with Gasteiger partial charge in [0.15, 0.2) is 6.23 Å². The predicted molar refractivity (Wildman–Crippen MR) is 97.7 cm³/mol. The molecular weight excluding hydrogens is 383 g/mol. The molecule has 9 nitrogen and oxygen atoms in total. The lowest BCUT2D eigenvalue weighted by Crippen LogP contribution is -2.61. The normalized spacial score (nSPS) is 29.6. The highest BCUT2D eigenvalue weighted by atomic mass is 19.1. The fourth-order valence-corrected chi connectivity index (χ4v) is 3.66. The van der Waals surface area contributed by atoms with Crippen LogP contribution in [0.2, 0.25) is 0 Å². The highest BCUT2D eigenvalue weighted by Crippen LogP contribution is 2.35. The van der Waals surface area contributed by atoms with Crippen molar-refractivity contribution in [3.63, 3.8) is 0 Å². The molecule has 1 saturated carbocycles. The Hall–Kier alpha value is -2.40. The van der Waals surface area contributed by atoms with Crippen molar-refractivity contribution >= 4 is 5.91 Å². The summed E-state index contributed by atoms with van der Waals surface area (Å²) in [6.07, 6.45) is -1.63. The fraction of sp³-hybridized carbons (Fsp3) is 0.526. The van der Waals surface area contributed by atoms with Crippen molar-refractivity contribution in [2.75, 3.05) is 13.7 Å². The Morgan fingerprint density at radius 3 is 2.76 bits per heavy atom. The third-order valence-electron chi connectivity index (χ3n) is 5.46. The van der Waals surface area contributed by atoms with Crippen molar-refractivity contribution < 1.29 is 29.2 Å². The first-order valence-electron chi connectivity index (χ1n) is 9.47. The second kappa shape index (κ2) is 7.79. The molecule has 1 saturated heterocycles. The van der Waals surface area contributed by atoms with Crippen molar-refractivity contribution in [1.29, 1.82) is 0 Å². The number of halogens is 1. The quantitative estimate of drug-likeness (QED) is 0.636. The van der Waals surface area contributed by atoms with Crippen molar-refractivity contribution in [1.82, 2.24) is 19.9 Å². The Balaban J connectivity index is 1.63. The molecule has 0 radical (unpaired) electrons. The summed E-state index contributed by atoms with van der Waals surface area (Å²) in [4.78, 5) is 13.7. The minimum Gasteiger partial charge on any atom is -0.394 e. The van der Waals surface area contributed by atoms with Crippen LogP contribution in [0, 0.1) is 11.7 Å². The van der Waals surface area contributed by atoms with Gasteiger partial charge in [-0.3, -0.25) is 4.79 Å². The summed E-state index contributed by atoms with van der Waals surface area (Å²) in [5.74, 6) is -0.664. The number of aliphatic hydroxyl groups excluding tert-OH is 3. The number of carbonyl (C=O) groups excluding carboxylic acids is 1. The fourth-order valence-electron chi connectivity index (χ4n) is 3.66. The molecule has 2 aromatic rings. The van der Waals surface area contributed by atoms with Gasteiger partial charge in [0.2, 0.25) is 5.91 Å². The molecule has 0 bridgehead atoms. The van der Waals surface area contributed by atoms with Crippen LogP contribution in [-0.4, -0.2) is 79.3 Å². The minimum absolute atomic E-state index is 0.0837. The molecule has 0 unspecified atom stereocenters. The summed E-state index contributed by atoms with van der Waals surface area (Å²) in [6, 6.07) is 4.79. The molecule has 29 heavy (non-hydrogen) atoms. The molecule has 0 spiro atoms. The molecule has 1 aromatic carbocycles. The van der Waals surface area contributed by atoms with E-state index in [1.165, 1.54) is 41.0 Å². The zero-order valence-electron chi connectivity index (χ0n) is 15.8. The molecule has 1 aromatic heterocycles. The van der Waals surface area contributed by atoms with E-state index in [0.717, 1.165) is 12.8 Å². The Morgan fingerprint density at radius 2 is 2.10 bits per heavy atom. The van der Waals surface area contributed by atoms with Gasteiger partial charge in [-0.1, -0.05) is 17.3 Å². The number of hydrogen-bond donors (Lipinski definition) is 3. The first-order valence-corrected chi connectivity index (χ1v) is 9.47. The molecular formula is C19H23FN4O5. The maximum Gasteiger partial charge on any atom is 0.227 e. The molecule has 5 atom stereocenters. The summed E-state index contributed by atoms with van der Waals surface area (Å²) in [6.45, 7) is -0.502. The standard InChI is InChI=1S/C19H23FN4O5/c1-23(18(28)10-5-6-10)19-17(27)15(16(26)14(9-25)29-19)24-8-13(21-22-24)11-3-2-4-12(20)7-11/h2-4,7-8,10,14-17,19,25-27H,5-6,9H2,1H3/t14-,15+,16+,17-,19-/m1/s1. The number of likely N-dealkylation sites (N-methyl/N-ethyl adjacent to an activating group) is 1. The predicted octanol–water partition coefficient (Wildman–Crippen LogP) is -0.0673. The number of ether oxygens (including phenoxy) is 1. The molecule has 156 valence electrons. The zero-order valence-corrected chi connectivity index (χ0v) is 15.8. The summed E-state index contributed by atoms with van der Waals surface area (Å²) in [7, 11) is 1.53. The van der Waals surface area contributed by atoms with Gasteiger partial charge >= 0.3 is 0 Å². The number of amides is 1. The number of carbonyl (C=O) groups is 1. The number of nitrogens with zero attached hydrogens (tertiary/aromatic N) is 4. The highest BCUT2D eigenvalue weighted by Gasteiger charge is 2.49. The van der Waals surface area contributed by atoms with Gasteiger partial charge in [0, 0.05) is 18.5 Å². The van der Waals surface area contributed by atoms with Gasteiger partial charge in [0.1, 0.15) is 35.9 Å². The first kappa shape index (κ1) is 19.9. The van der Waals surface area contributed by atoms with E-state index in [-0.39, 0.29) is 11.8 Å². The zero-order chi connectivity index (χ0) is 20.7. The first-order chi connectivity index (χ1) is 13.9. The Labute approximate surface area is 166 Å². The number of aliphatic hydroxyl groups is 3. The number of aromatic nitrogens is 3. The molecule has 3 N–H and O–H groups in total. The Kier molecular flexibility index (Phi) is 5.34. The second-order valence-corrected chi connectivity index (χ2v) is 7.54. The van der Waals surface area contributed by atoms with Crippen LogP contribution in [0.4, 0.5) is 4.39 Å². The van der Waals surface area contributed by atoms with Crippen LogP contribution in [0.15, 0.2) is 30.5 Å². The van der Waals surface area contributed by atoms with E-state index in [1.807, 2.05) is 0 Å². The molecule has 1 aliphatic carbocycles. The van der Waals surface area contributed by atoms with Crippen molar-refractivity contribution in [2.45, 2.75) is 43.4 Å². The van der Waals surface area contributed by atoms with E-state index >= 15 is 0 Å². The number of benzene rings is 1. The van der Waals surface area contributed by atoms with Crippen molar-refractivity contribution in [2.24, 2.45) is 5.92 Å². The monoisotopic (exact) mass is 406 g/mol. The maximum atomic E-state index is 13.5. The number of rotatable bonds is 5. The molecule has 10 heteroatoms. The van der Waals surface area contributed by atoms with E-state index in [0.29, 0.717) is 11.3 Å². The van der Waals surface area contributed by atoms with E-state index in [4.69, 9.17) is 4.74 Å². The topological polar surface area (TPSA) is 121 Å². The van der Waals surface area contributed by atoms with E-state index in [2.05, 4.69) is 10.3 Å². The molecule has 2 heterocycles. The maximum absolute atomic E-state index is 13.5. The lowest BCUT2D eigenvalue weighted by molar-refractivity contribution is -0.241. The molecule has 2 fully saturated rings. The van der Waals surface area contributed by atoms with Crippen LogP contribution >= 0.6 is 0 Å². The average Bonchev–Trinajstić information content (AvgIpc) is 3.45. The SMILES string of the molecule is CN(C(=O)C1CC1)[C@@H]1O[C@H](CO)[C@H](O)[C@H](n2cc(-c3cccc(F)c3)nn2)[C@H]1O. The van der Waals surface area contributed by atoms with Gasteiger partial charge in [-0.15, -0.1) is 5.10 Å². The highest BCUT2D eigenvalue weighted by molar-refractivity contribution is 5.81. The van der Waals surface area contributed by atoms with Gasteiger partial charge < -0.3 is 25.0 Å². The van der Waals surface area contributed by atoms with E-state index in [1.54, 1.807) is 6.07 Å². The van der Waals surface area contributed by atoms with Crippen LogP contribution in [-0.2, 0) is 9.53 Å². The Bertz CT molecular complexity index is 889. The van der Waals surface area contributed by atoms with Crippen LogP contribution in [0.3, 0.4) is 0 Å². The van der Waals surface area contributed by atoms with Gasteiger partial charge in [0.25, 0.3) is 0 Å². The van der Waals surface area contributed by atoms with Gasteiger partial charge in [-0.2, -0.15) is 0 Å². The third kappa shape index (κ3) is 3.76. The smallest absolute Gasteiger partial charge is 0.227 e. The average molecular weight is 406 g/mol. The van der Waals surface area contributed by atoms with Gasteiger partial charge in [-0.25, -0.2) is 9.07 Å². The molecule has 1 amide bonds. The summed E-state index contributed by atoms with van der Waals surface area (Å²) < 4.78 is 20.4. The van der Waals surface area contributed by atoms with Crippen LogP contribution < -0.4 is 0 Å². The molecule has 1 aliphatic heterocycles. The summed E-state index contributed by atoms with van der Waals surface area (Å²) >= 11 is 0. The lowest BCUT2D eigenvalue weighted by atomic mass is 9.95.